The third-order valence-corrected chi connectivity index (χ3v) is 10.0. The summed E-state index contributed by atoms with van der Waals surface area (Å²) in [6.07, 6.45) is 0. The molecule has 10 aromatic rings. The van der Waals surface area contributed by atoms with Gasteiger partial charge in [0.25, 0.3) is 0 Å². The van der Waals surface area contributed by atoms with Gasteiger partial charge < -0.3 is 13.7 Å². The molecule has 0 aliphatic heterocycles. The fraction of sp³-hybridized carbons (Fsp3) is 0. The molecule has 206 valence electrons. The Morgan fingerprint density at radius 3 is 1.61 bits per heavy atom. The van der Waals surface area contributed by atoms with Crippen LogP contribution in [-0.4, -0.2) is 0 Å². The van der Waals surface area contributed by atoms with E-state index >= 15 is 0 Å². The van der Waals surface area contributed by atoms with Crippen LogP contribution in [0.1, 0.15) is 0 Å². The van der Waals surface area contributed by atoms with Crippen molar-refractivity contribution in [2.24, 2.45) is 0 Å². The molecule has 10 rings (SSSR count). The van der Waals surface area contributed by atoms with Gasteiger partial charge in [0.2, 0.25) is 0 Å². The second-order valence-corrected chi connectivity index (χ2v) is 12.4. The molecule has 0 N–H and O–H groups in total. The molecule has 4 heteroatoms. The van der Waals surface area contributed by atoms with Crippen molar-refractivity contribution in [1.29, 1.82) is 0 Å². The van der Waals surface area contributed by atoms with Crippen molar-refractivity contribution in [3.63, 3.8) is 0 Å². The highest BCUT2D eigenvalue weighted by Crippen LogP contribution is 2.49. The molecule has 0 fully saturated rings. The summed E-state index contributed by atoms with van der Waals surface area (Å²) in [5.41, 5.74) is 6.71. The van der Waals surface area contributed by atoms with Gasteiger partial charge >= 0.3 is 0 Å². The van der Waals surface area contributed by atoms with E-state index in [1.165, 1.54) is 30.9 Å². The number of hydrogen-bond acceptors (Lipinski definition) is 4. The van der Waals surface area contributed by atoms with Gasteiger partial charge in [-0.25, -0.2) is 0 Å². The Balaban J connectivity index is 1.31. The van der Waals surface area contributed by atoms with Crippen molar-refractivity contribution in [2.45, 2.75) is 0 Å². The lowest BCUT2D eigenvalue weighted by molar-refractivity contribution is 0.669. The van der Waals surface area contributed by atoms with E-state index in [2.05, 4.69) is 120 Å². The van der Waals surface area contributed by atoms with Gasteiger partial charge in [-0.2, -0.15) is 0 Å². The molecule has 44 heavy (non-hydrogen) atoms. The van der Waals surface area contributed by atoms with Crippen LogP contribution in [0.3, 0.4) is 0 Å². The van der Waals surface area contributed by atoms with E-state index in [1.807, 2.05) is 35.6 Å². The van der Waals surface area contributed by atoms with E-state index in [4.69, 9.17) is 8.83 Å². The number of thiophene rings is 1. The summed E-state index contributed by atoms with van der Waals surface area (Å²) in [5.74, 6) is 0. The number of rotatable bonds is 3. The Kier molecular flexibility index (Phi) is 4.87. The topological polar surface area (TPSA) is 29.5 Å². The maximum atomic E-state index is 6.39. The molecule has 3 heterocycles. The smallest absolute Gasteiger partial charge is 0.137 e. The molecule has 7 aromatic carbocycles. The monoisotopic (exact) mass is 581 g/mol. The minimum absolute atomic E-state index is 0.867. The van der Waals surface area contributed by atoms with Crippen LogP contribution in [0, 0.1) is 0 Å². The first-order valence-corrected chi connectivity index (χ1v) is 15.6. The average Bonchev–Trinajstić information content (AvgIpc) is 3.76. The number of benzene rings is 7. The number of para-hydroxylation sites is 2. The molecule has 0 saturated carbocycles. The normalized spacial score (nSPS) is 12.1. The Morgan fingerprint density at radius 2 is 0.955 bits per heavy atom. The second-order valence-electron chi connectivity index (χ2n) is 11.3. The lowest BCUT2D eigenvalue weighted by Crippen LogP contribution is -2.10. The van der Waals surface area contributed by atoms with E-state index < -0.39 is 0 Å². The van der Waals surface area contributed by atoms with Crippen molar-refractivity contribution in [3.8, 4) is 0 Å². The third-order valence-electron chi connectivity index (χ3n) is 8.83. The van der Waals surface area contributed by atoms with Gasteiger partial charge in [0.05, 0.1) is 10.4 Å². The summed E-state index contributed by atoms with van der Waals surface area (Å²) in [4.78, 5) is 2.36. The summed E-state index contributed by atoms with van der Waals surface area (Å²) < 4.78 is 15.3. The molecule has 0 spiro atoms. The molecule has 0 radical (unpaired) electrons. The van der Waals surface area contributed by atoms with Crippen molar-refractivity contribution < 1.29 is 8.83 Å². The van der Waals surface area contributed by atoms with E-state index in [0.29, 0.717) is 0 Å². The minimum Gasteiger partial charge on any atom is -0.456 e. The van der Waals surface area contributed by atoms with Gasteiger partial charge in [0.1, 0.15) is 22.3 Å². The van der Waals surface area contributed by atoms with Gasteiger partial charge in [0, 0.05) is 60.5 Å². The molecular weight excluding hydrogens is 559 g/mol. The quantitative estimate of drug-likeness (QED) is 0.208. The fourth-order valence-electron chi connectivity index (χ4n) is 6.86. The van der Waals surface area contributed by atoms with Crippen LogP contribution in [0.5, 0.6) is 0 Å². The highest BCUT2D eigenvalue weighted by Gasteiger charge is 2.22. The summed E-state index contributed by atoms with van der Waals surface area (Å²) in [7, 11) is 0. The predicted molar refractivity (Wildman–Crippen MR) is 186 cm³/mol. The number of hydrogen-bond donors (Lipinski definition) is 0. The Bertz CT molecular complexity index is 2630. The standard InChI is InChI=1S/C40H23NO2S/c1-2-10-27-24(9-1)21-33(40-39(27)32-13-5-8-16-38(32)44-40)41(25-17-19-30-28-11-3-6-14-34(28)42-36(30)22-25)26-18-20-31-29-12-4-7-15-35(29)43-37(31)23-26/h1-23H. The van der Waals surface area contributed by atoms with Crippen LogP contribution in [-0.2, 0) is 0 Å². The van der Waals surface area contributed by atoms with Gasteiger partial charge in [-0.1, -0.05) is 78.9 Å². The number of fused-ring (bicyclic) bond motifs is 11. The van der Waals surface area contributed by atoms with Crippen molar-refractivity contribution >= 4 is 103 Å². The fourth-order valence-corrected chi connectivity index (χ4v) is 8.08. The first-order valence-electron chi connectivity index (χ1n) is 14.8. The maximum Gasteiger partial charge on any atom is 0.137 e. The van der Waals surface area contributed by atoms with Gasteiger partial charge in [-0.3, -0.25) is 0 Å². The molecule has 0 atom stereocenters. The van der Waals surface area contributed by atoms with Crippen molar-refractivity contribution in [2.75, 3.05) is 4.90 Å². The molecule has 3 aromatic heterocycles. The zero-order valence-electron chi connectivity index (χ0n) is 23.5. The Labute approximate surface area is 255 Å². The van der Waals surface area contributed by atoms with E-state index in [1.54, 1.807) is 0 Å². The molecule has 3 nitrogen and oxygen atoms in total. The average molecular weight is 582 g/mol. The molecule has 0 aliphatic carbocycles. The van der Waals surface area contributed by atoms with Gasteiger partial charge in [-0.15, -0.1) is 11.3 Å². The summed E-state index contributed by atoms with van der Waals surface area (Å²) in [6.45, 7) is 0. The van der Waals surface area contributed by atoms with Gasteiger partial charge in [0.15, 0.2) is 0 Å². The SMILES string of the molecule is c1ccc2c(c1)cc(N(c1ccc3c(c1)oc1ccccc13)c1ccc3c(c1)oc1ccccc13)c1sc3ccccc3c12. The largest absolute Gasteiger partial charge is 0.456 e. The van der Waals surface area contributed by atoms with Gasteiger partial charge in [-0.05, 0) is 59.3 Å². The van der Waals surface area contributed by atoms with Crippen LogP contribution >= 0.6 is 11.3 Å². The summed E-state index contributed by atoms with van der Waals surface area (Å²) in [6, 6.07) is 49.4. The van der Waals surface area contributed by atoms with Crippen molar-refractivity contribution in [3.05, 3.63) is 140 Å². The highest BCUT2D eigenvalue weighted by atomic mass is 32.1. The molecule has 0 bridgehead atoms. The molecule has 0 aliphatic rings. The number of anilines is 3. The maximum absolute atomic E-state index is 6.39. The lowest BCUT2D eigenvalue weighted by atomic mass is 10.0. The van der Waals surface area contributed by atoms with Crippen molar-refractivity contribution in [1.82, 2.24) is 0 Å². The van der Waals surface area contributed by atoms with E-state index in [0.717, 1.165) is 60.9 Å². The Morgan fingerprint density at radius 1 is 0.432 bits per heavy atom. The molecule has 0 unspecified atom stereocenters. The van der Waals surface area contributed by atoms with Crippen LogP contribution in [0.2, 0.25) is 0 Å². The number of nitrogens with zero attached hydrogens (tertiary/aromatic N) is 1. The van der Waals surface area contributed by atoms with Crippen LogP contribution < -0.4 is 4.90 Å². The Hall–Kier alpha value is -5.58. The van der Waals surface area contributed by atoms with Crippen LogP contribution in [0.15, 0.2) is 148 Å². The van der Waals surface area contributed by atoms with E-state index in [-0.39, 0.29) is 0 Å². The zero-order chi connectivity index (χ0) is 28.8. The first-order chi connectivity index (χ1) is 21.8. The molecular formula is C40H23NO2S. The van der Waals surface area contributed by atoms with Crippen LogP contribution in [0.25, 0.3) is 74.8 Å². The molecule has 0 saturated heterocycles. The highest BCUT2D eigenvalue weighted by molar-refractivity contribution is 7.26. The third kappa shape index (κ3) is 3.37. The number of furan rings is 2. The summed E-state index contributed by atoms with van der Waals surface area (Å²) >= 11 is 1.85. The first kappa shape index (κ1) is 23.9. The second kappa shape index (κ2) is 8.96. The molecule has 0 amide bonds. The predicted octanol–water partition coefficient (Wildman–Crippen LogP) is 12.5. The van der Waals surface area contributed by atoms with Crippen LogP contribution in [0.4, 0.5) is 17.1 Å². The zero-order valence-corrected chi connectivity index (χ0v) is 24.3. The minimum atomic E-state index is 0.867. The van der Waals surface area contributed by atoms with E-state index in [9.17, 15) is 0 Å². The lowest BCUT2D eigenvalue weighted by Gasteiger charge is -2.26. The summed E-state index contributed by atoms with van der Waals surface area (Å²) in [5, 5.41) is 9.53.